The Hall–Kier alpha value is -3.28. The van der Waals surface area contributed by atoms with Gasteiger partial charge in [-0.1, -0.05) is 25.1 Å². The van der Waals surface area contributed by atoms with E-state index in [0.717, 1.165) is 5.56 Å². The second-order valence-corrected chi connectivity index (χ2v) is 6.80. The van der Waals surface area contributed by atoms with E-state index in [2.05, 4.69) is 0 Å². The molecule has 2 aromatic rings. The third-order valence-corrected chi connectivity index (χ3v) is 4.91. The number of aliphatic hydroxyl groups is 1. The summed E-state index contributed by atoms with van der Waals surface area (Å²) in [5.74, 6) is -0.303. The Bertz CT molecular complexity index is 979. The molecule has 1 aliphatic heterocycles. The van der Waals surface area contributed by atoms with Crippen molar-refractivity contribution in [2.24, 2.45) is 0 Å². The molecule has 6 heteroatoms. The number of ketones is 1. The second-order valence-electron chi connectivity index (χ2n) is 6.80. The SMILES string of the molecule is CCOc1ccc(C2C(C(=O)CC)=C(O)C(=O)N2c2cccc(C)c2)cc1OC. The van der Waals surface area contributed by atoms with Gasteiger partial charge in [0.05, 0.1) is 25.3 Å². The molecule has 152 valence electrons. The number of nitrogens with zero attached hydrogens (tertiary/aromatic N) is 1. The summed E-state index contributed by atoms with van der Waals surface area (Å²) in [5.41, 5.74) is 2.33. The molecule has 1 atom stereocenters. The lowest BCUT2D eigenvalue weighted by atomic mass is 9.94. The minimum atomic E-state index is -0.749. The number of methoxy groups -OCH3 is 1. The van der Waals surface area contributed by atoms with Crippen LogP contribution in [0.2, 0.25) is 0 Å². The molecule has 1 aliphatic rings. The predicted octanol–water partition coefficient (Wildman–Crippen LogP) is 4.28. The van der Waals surface area contributed by atoms with Crippen molar-refractivity contribution in [1.82, 2.24) is 0 Å². The molecule has 1 amide bonds. The monoisotopic (exact) mass is 395 g/mol. The van der Waals surface area contributed by atoms with Gasteiger partial charge in [0.25, 0.3) is 5.91 Å². The average Bonchev–Trinajstić information content (AvgIpc) is 2.99. The first-order chi connectivity index (χ1) is 13.9. The first-order valence-corrected chi connectivity index (χ1v) is 9.60. The summed E-state index contributed by atoms with van der Waals surface area (Å²) >= 11 is 0. The summed E-state index contributed by atoms with van der Waals surface area (Å²) in [4.78, 5) is 27.1. The zero-order valence-electron chi connectivity index (χ0n) is 17.1. The second kappa shape index (κ2) is 8.39. The lowest BCUT2D eigenvalue weighted by Crippen LogP contribution is -2.31. The maximum absolute atomic E-state index is 13.0. The molecule has 0 bridgehead atoms. The molecule has 3 rings (SSSR count). The molecule has 0 saturated heterocycles. The van der Waals surface area contributed by atoms with E-state index in [1.165, 1.54) is 12.0 Å². The van der Waals surface area contributed by atoms with Crippen LogP contribution in [0.25, 0.3) is 0 Å². The van der Waals surface area contributed by atoms with Crippen molar-refractivity contribution in [2.75, 3.05) is 18.6 Å². The van der Waals surface area contributed by atoms with Gasteiger partial charge >= 0.3 is 0 Å². The topological polar surface area (TPSA) is 76.1 Å². The van der Waals surface area contributed by atoms with Crippen LogP contribution in [0.4, 0.5) is 5.69 Å². The van der Waals surface area contributed by atoms with E-state index in [9.17, 15) is 14.7 Å². The zero-order valence-corrected chi connectivity index (χ0v) is 17.1. The molecule has 0 aliphatic carbocycles. The summed E-state index contributed by atoms with van der Waals surface area (Å²) in [6.07, 6.45) is 0.180. The normalized spacial score (nSPS) is 16.3. The molecule has 1 N–H and O–H groups in total. The highest BCUT2D eigenvalue weighted by Gasteiger charge is 2.44. The van der Waals surface area contributed by atoms with Crippen LogP contribution in [-0.2, 0) is 9.59 Å². The number of ether oxygens (including phenoxy) is 2. The molecule has 0 fully saturated rings. The standard InChI is InChI=1S/C23H25NO5/c1-5-17(25)20-21(15-10-11-18(29-6-2)19(13-15)28-4)24(23(27)22(20)26)16-9-7-8-14(3)12-16/h7-13,21,26H,5-6H2,1-4H3. The number of rotatable bonds is 7. The highest BCUT2D eigenvalue weighted by molar-refractivity contribution is 6.16. The molecule has 0 spiro atoms. The van der Waals surface area contributed by atoms with E-state index in [4.69, 9.17) is 9.47 Å². The van der Waals surface area contributed by atoms with Gasteiger partial charge < -0.3 is 14.6 Å². The van der Waals surface area contributed by atoms with E-state index in [0.29, 0.717) is 29.4 Å². The largest absolute Gasteiger partial charge is 0.503 e. The molecule has 1 heterocycles. The van der Waals surface area contributed by atoms with E-state index in [1.54, 1.807) is 31.2 Å². The molecule has 0 radical (unpaired) electrons. The summed E-state index contributed by atoms with van der Waals surface area (Å²) in [6.45, 7) is 5.98. The Morgan fingerprint density at radius 3 is 2.52 bits per heavy atom. The van der Waals surface area contributed by atoms with Gasteiger partial charge in [0, 0.05) is 12.1 Å². The van der Waals surface area contributed by atoms with Gasteiger partial charge in [-0.2, -0.15) is 0 Å². The van der Waals surface area contributed by atoms with E-state index in [-0.39, 0.29) is 17.8 Å². The molecular formula is C23H25NO5. The van der Waals surface area contributed by atoms with Crippen LogP contribution in [-0.4, -0.2) is 30.5 Å². The first kappa shape index (κ1) is 20.5. The summed E-state index contributed by atoms with van der Waals surface area (Å²) in [6, 6.07) is 11.9. The molecule has 6 nitrogen and oxygen atoms in total. The smallest absolute Gasteiger partial charge is 0.294 e. The minimum Gasteiger partial charge on any atom is -0.503 e. The molecule has 0 aromatic heterocycles. The number of hydrogen-bond acceptors (Lipinski definition) is 5. The van der Waals surface area contributed by atoms with Crippen molar-refractivity contribution in [1.29, 1.82) is 0 Å². The Labute approximate surface area is 170 Å². The van der Waals surface area contributed by atoms with Gasteiger partial charge in [-0.15, -0.1) is 0 Å². The number of aryl methyl sites for hydroxylation is 1. The fraction of sp³-hybridized carbons (Fsp3) is 0.304. The van der Waals surface area contributed by atoms with Crippen LogP contribution in [0, 0.1) is 6.92 Å². The zero-order chi connectivity index (χ0) is 21.1. The quantitative estimate of drug-likeness (QED) is 0.757. The summed E-state index contributed by atoms with van der Waals surface area (Å²) in [7, 11) is 1.53. The van der Waals surface area contributed by atoms with Gasteiger partial charge in [-0.05, 0) is 49.2 Å². The highest BCUT2D eigenvalue weighted by Crippen LogP contribution is 2.43. The number of aliphatic hydroxyl groups excluding tert-OH is 1. The van der Waals surface area contributed by atoms with Crippen molar-refractivity contribution in [3.63, 3.8) is 0 Å². The van der Waals surface area contributed by atoms with Crippen LogP contribution >= 0.6 is 0 Å². The molecular weight excluding hydrogens is 370 g/mol. The lowest BCUT2D eigenvalue weighted by molar-refractivity contribution is -0.118. The van der Waals surface area contributed by atoms with Crippen LogP contribution in [0.1, 0.15) is 37.4 Å². The van der Waals surface area contributed by atoms with Crippen molar-refractivity contribution < 1.29 is 24.2 Å². The van der Waals surface area contributed by atoms with Gasteiger partial charge in [0.15, 0.2) is 23.0 Å². The summed E-state index contributed by atoms with van der Waals surface area (Å²) in [5, 5.41) is 10.6. The summed E-state index contributed by atoms with van der Waals surface area (Å²) < 4.78 is 11.0. The molecule has 1 unspecified atom stereocenters. The van der Waals surface area contributed by atoms with Gasteiger partial charge in [0.1, 0.15) is 0 Å². The maximum Gasteiger partial charge on any atom is 0.294 e. The number of benzene rings is 2. The number of anilines is 1. The van der Waals surface area contributed by atoms with E-state index >= 15 is 0 Å². The molecule has 0 saturated carbocycles. The van der Waals surface area contributed by atoms with Crippen LogP contribution in [0.5, 0.6) is 11.5 Å². The minimum absolute atomic E-state index is 0.102. The van der Waals surface area contributed by atoms with Crippen molar-refractivity contribution in [2.45, 2.75) is 33.2 Å². The van der Waals surface area contributed by atoms with Gasteiger partial charge in [-0.25, -0.2) is 0 Å². The van der Waals surface area contributed by atoms with Crippen LogP contribution < -0.4 is 14.4 Å². The Kier molecular flexibility index (Phi) is 5.92. The highest BCUT2D eigenvalue weighted by atomic mass is 16.5. The maximum atomic E-state index is 13.0. The van der Waals surface area contributed by atoms with Crippen molar-refractivity contribution in [3.8, 4) is 11.5 Å². The first-order valence-electron chi connectivity index (χ1n) is 9.60. The third-order valence-electron chi connectivity index (χ3n) is 4.91. The number of carbonyl (C=O) groups is 2. The Balaban J connectivity index is 2.18. The number of hydrogen-bond donors (Lipinski definition) is 1. The lowest BCUT2D eigenvalue weighted by Gasteiger charge is -2.27. The van der Waals surface area contributed by atoms with Crippen molar-refractivity contribution in [3.05, 3.63) is 64.9 Å². The molecule has 29 heavy (non-hydrogen) atoms. The Morgan fingerprint density at radius 1 is 1.14 bits per heavy atom. The van der Waals surface area contributed by atoms with E-state index < -0.39 is 17.7 Å². The van der Waals surface area contributed by atoms with Gasteiger partial charge in [-0.3, -0.25) is 14.5 Å². The average molecular weight is 395 g/mol. The fourth-order valence-corrected chi connectivity index (χ4v) is 3.57. The Morgan fingerprint density at radius 2 is 1.90 bits per heavy atom. The third kappa shape index (κ3) is 3.70. The van der Waals surface area contributed by atoms with E-state index in [1.807, 2.05) is 32.0 Å². The number of Topliss-reactive ketones (excluding diaryl/α,β-unsaturated/α-hetero) is 1. The number of carbonyl (C=O) groups excluding carboxylic acids is 2. The van der Waals surface area contributed by atoms with Crippen LogP contribution in [0.15, 0.2) is 53.8 Å². The fourth-order valence-electron chi connectivity index (χ4n) is 3.57. The number of amides is 1. The van der Waals surface area contributed by atoms with Crippen LogP contribution in [0.3, 0.4) is 0 Å². The van der Waals surface area contributed by atoms with Crippen molar-refractivity contribution >= 4 is 17.4 Å². The predicted molar refractivity (Wildman–Crippen MR) is 111 cm³/mol. The van der Waals surface area contributed by atoms with Gasteiger partial charge in [0.2, 0.25) is 0 Å². The molecule has 2 aromatic carbocycles.